The molecule has 0 spiro atoms. The molecular formula is C13H26N2O. The van der Waals surface area contributed by atoms with Crippen LogP contribution in [0, 0.1) is 5.92 Å². The molecule has 1 aliphatic carbocycles. The van der Waals surface area contributed by atoms with Crippen LogP contribution < -0.4 is 5.32 Å². The Labute approximate surface area is 99.2 Å². The van der Waals surface area contributed by atoms with Gasteiger partial charge in [0.05, 0.1) is 6.10 Å². The molecule has 0 aromatic carbocycles. The first kappa shape index (κ1) is 12.3. The molecule has 2 N–H and O–H groups in total. The van der Waals surface area contributed by atoms with Crippen molar-refractivity contribution in [1.82, 2.24) is 10.2 Å². The zero-order valence-electron chi connectivity index (χ0n) is 10.7. The van der Waals surface area contributed by atoms with Gasteiger partial charge in [-0.05, 0) is 52.1 Å². The summed E-state index contributed by atoms with van der Waals surface area (Å²) in [5.74, 6) is 0.699. The summed E-state index contributed by atoms with van der Waals surface area (Å²) >= 11 is 0. The highest BCUT2D eigenvalue weighted by Gasteiger charge is 2.27. The average molecular weight is 226 g/mol. The number of aliphatic hydroxyl groups excluding tert-OH is 1. The van der Waals surface area contributed by atoms with Gasteiger partial charge in [-0.1, -0.05) is 6.42 Å². The first-order valence-corrected chi connectivity index (χ1v) is 6.77. The highest BCUT2D eigenvalue weighted by atomic mass is 16.3. The third kappa shape index (κ3) is 3.19. The largest absolute Gasteiger partial charge is 0.393 e. The maximum absolute atomic E-state index is 9.62. The second-order valence-electron chi connectivity index (χ2n) is 5.82. The van der Waals surface area contributed by atoms with E-state index in [0.717, 1.165) is 25.4 Å². The van der Waals surface area contributed by atoms with Crippen LogP contribution in [-0.4, -0.2) is 48.3 Å². The van der Waals surface area contributed by atoms with E-state index in [-0.39, 0.29) is 6.10 Å². The predicted molar refractivity (Wildman–Crippen MR) is 66.5 cm³/mol. The molecule has 4 atom stereocenters. The molecule has 0 bridgehead atoms. The monoisotopic (exact) mass is 226 g/mol. The fraction of sp³-hybridized carbons (Fsp3) is 1.00. The SMILES string of the molecule is CC1CC(NCC2CCCC(O)C2)CN1C. The molecule has 1 saturated carbocycles. The number of hydrogen-bond donors (Lipinski definition) is 2. The second-order valence-corrected chi connectivity index (χ2v) is 5.82. The van der Waals surface area contributed by atoms with Gasteiger partial charge >= 0.3 is 0 Å². The van der Waals surface area contributed by atoms with Crippen molar-refractivity contribution < 1.29 is 5.11 Å². The van der Waals surface area contributed by atoms with E-state index in [1.807, 2.05) is 0 Å². The molecule has 1 aliphatic heterocycles. The van der Waals surface area contributed by atoms with Crippen LogP contribution in [0.15, 0.2) is 0 Å². The quantitative estimate of drug-likeness (QED) is 0.759. The van der Waals surface area contributed by atoms with Crippen molar-refractivity contribution in [2.45, 2.75) is 57.2 Å². The van der Waals surface area contributed by atoms with Gasteiger partial charge in [-0.25, -0.2) is 0 Å². The van der Waals surface area contributed by atoms with Gasteiger partial charge in [0, 0.05) is 18.6 Å². The summed E-state index contributed by atoms with van der Waals surface area (Å²) in [5.41, 5.74) is 0. The molecule has 16 heavy (non-hydrogen) atoms. The van der Waals surface area contributed by atoms with Crippen molar-refractivity contribution in [3.8, 4) is 0 Å². The van der Waals surface area contributed by atoms with Crippen LogP contribution in [0.25, 0.3) is 0 Å². The number of nitrogens with zero attached hydrogens (tertiary/aromatic N) is 1. The first-order valence-electron chi connectivity index (χ1n) is 6.77. The van der Waals surface area contributed by atoms with E-state index in [2.05, 4.69) is 24.2 Å². The summed E-state index contributed by atoms with van der Waals surface area (Å²) in [6.45, 7) is 4.57. The summed E-state index contributed by atoms with van der Waals surface area (Å²) in [4.78, 5) is 2.42. The van der Waals surface area contributed by atoms with Crippen LogP contribution in [0.3, 0.4) is 0 Å². The molecule has 3 heteroatoms. The third-order valence-corrected chi connectivity index (χ3v) is 4.34. The number of nitrogens with one attached hydrogen (secondary N) is 1. The van der Waals surface area contributed by atoms with Gasteiger partial charge < -0.3 is 15.3 Å². The van der Waals surface area contributed by atoms with E-state index < -0.39 is 0 Å². The molecule has 0 aromatic heterocycles. The lowest BCUT2D eigenvalue weighted by molar-refractivity contribution is 0.0997. The Balaban J connectivity index is 1.67. The first-order chi connectivity index (χ1) is 7.65. The molecule has 1 heterocycles. The van der Waals surface area contributed by atoms with E-state index in [9.17, 15) is 5.11 Å². The summed E-state index contributed by atoms with van der Waals surface area (Å²) in [7, 11) is 2.21. The number of aliphatic hydroxyl groups is 1. The molecule has 2 fully saturated rings. The van der Waals surface area contributed by atoms with Crippen LogP contribution in [0.5, 0.6) is 0 Å². The number of rotatable bonds is 3. The summed E-state index contributed by atoms with van der Waals surface area (Å²) < 4.78 is 0. The summed E-state index contributed by atoms with van der Waals surface area (Å²) in [6.07, 6.45) is 5.75. The van der Waals surface area contributed by atoms with Crippen molar-refractivity contribution in [3.63, 3.8) is 0 Å². The minimum atomic E-state index is -0.0364. The molecule has 1 saturated heterocycles. The standard InChI is InChI=1S/C13H26N2O/c1-10-6-12(9-15(10)2)14-8-11-4-3-5-13(16)7-11/h10-14,16H,3-9H2,1-2H3. The molecule has 4 unspecified atom stereocenters. The van der Waals surface area contributed by atoms with Crippen molar-refractivity contribution in [3.05, 3.63) is 0 Å². The van der Waals surface area contributed by atoms with Crippen LogP contribution in [0.2, 0.25) is 0 Å². The zero-order valence-corrected chi connectivity index (χ0v) is 10.7. The van der Waals surface area contributed by atoms with Crippen molar-refractivity contribution >= 4 is 0 Å². The average Bonchev–Trinajstić information content (AvgIpc) is 2.56. The molecule has 3 nitrogen and oxygen atoms in total. The second kappa shape index (κ2) is 5.48. The van der Waals surface area contributed by atoms with Gasteiger partial charge in [0.1, 0.15) is 0 Å². The number of likely N-dealkylation sites (N-methyl/N-ethyl adjacent to an activating group) is 1. The minimum Gasteiger partial charge on any atom is -0.393 e. The van der Waals surface area contributed by atoms with Crippen LogP contribution in [0.4, 0.5) is 0 Å². The lowest BCUT2D eigenvalue weighted by atomic mass is 9.87. The Morgan fingerprint density at radius 2 is 2.12 bits per heavy atom. The van der Waals surface area contributed by atoms with Gasteiger partial charge in [0.25, 0.3) is 0 Å². The van der Waals surface area contributed by atoms with Gasteiger partial charge in [-0.2, -0.15) is 0 Å². The highest BCUT2D eigenvalue weighted by Crippen LogP contribution is 2.24. The van der Waals surface area contributed by atoms with E-state index in [4.69, 9.17) is 0 Å². The van der Waals surface area contributed by atoms with Crippen LogP contribution in [-0.2, 0) is 0 Å². The molecule has 2 aliphatic rings. The van der Waals surface area contributed by atoms with Crippen LogP contribution in [0.1, 0.15) is 39.0 Å². The van der Waals surface area contributed by atoms with E-state index in [0.29, 0.717) is 12.0 Å². The van der Waals surface area contributed by atoms with E-state index in [1.54, 1.807) is 0 Å². The Morgan fingerprint density at radius 1 is 1.31 bits per heavy atom. The number of hydrogen-bond acceptors (Lipinski definition) is 3. The normalized spacial score (nSPS) is 41.4. The van der Waals surface area contributed by atoms with Gasteiger partial charge in [0.15, 0.2) is 0 Å². The molecule has 0 amide bonds. The lowest BCUT2D eigenvalue weighted by Crippen LogP contribution is -2.37. The smallest absolute Gasteiger partial charge is 0.0543 e. The van der Waals surface area contributed by atoms with Crippen molar-refractivity contribution in [1.29, 1.82) is 0 Å². The van der Waals surface area contributed by atoms with Crippen LogP contribution >= 0.6 is 0 Å². The summed E-state index contributed by atoms with van der Waals surface area (Å²) in [5, 5.41) is 13.3. The van der Waals surface area contributed by atoms with Crippen molar-refractivity contribution in [2.75, 3.05) is 20.1 Å². The minimum absolute atomic E-state index is 0.0364. The molecule has 2 rings (SSSR count). The molecule has 0 radical (unpaired) electrons. The Morgan fingerprint density at radius 3 is 2.75 bits per heavy atom. The maximum Gasteiger partial charge on any atom is 0.0543 e. The predicted octanol–water partition coefficient (Wildman–Crippen LogP) is 1.22. The highest BCUT2D eigenvalue weighted by molar-refractivity contribution is 4.86. The van der Waals surface area contributed by atoms with Crippen molar-refractivity contribution in [2.24, 2.45) is 5.92 Å². The number of likely N-dealkylation sites (tertiary alicyclic amines) is 1. The van der Waals surface area contributed by atoms with Gasteiger partial charge in [-0.15, -0.1) is 0 Å². The fourth-order valence-electron chi connectivity index (χ4n) is 3.12. The zero-order chi connectivity index (χ0) is 11.5. The Bertz CT molecular complexity index is 207. The van der Waals surface area contributed by atoms with E-state index >= 15 is 0 Å². The molecule has 94 valence electrons. The third-order valence-electron chi connectivity index (χ3n) is 4.34. The Kier molecular flexibility index (Phi) is 4.22. The topological polar surface area (TPSA) is 35.5 Å². The lowest BCUT2D eigenvalue weighted by Gasteiger charge is -2.27. The van der Waals surface area contributed by atoms with Gasteiger partial charge in [0.2, 0.25) is 0 Å². The fourth-order valence-corrected chi connectivity index (χ4v) is 3.12. The molecular weight excluding hydrogens is 200 g/mol. The molecule has 0 aromatic rings. The maximum atomic E-state index is 9.62. The van der Waals surface area contributed by atoms with E-state index in [1.165, 1.54) is 25.8 Å². The Hall–Kier alpha value is -0.120. The van der Waals surface area contributed by atoms with Gasteiger partial charge in [-0.3, -0.25) is 0 Å². The summed E-state index contributed by atoms with van der Waals surface area (Å²) in [6, 6.07) is 1.38.